The van der Waals surface area contributed by atoms with Crippen molar-refractivity contribution in [3.8, 4) is 0 Å². The lowest BCUT2D eigenvalue weighted by Gasteiger charge is -2.32. The van der Waals surface area contributed by atoms with E-state index < -0.39 is 0 Å². The van der Waals surface area contributed by atoms with Crippen LogP contribution in [0.1, 0.15) is 52.4 Å². The van der Waals surface area contributed by atoms with Gasteiger partial charge in [0.1, 0.15) is 0 Å². The molecule has 4 heteroatoms. The summed E-state index contributed by atoms with van der Waals surface area (Å²) in [5, 5.41) is 3.57. The van der Waals surface area contributed by atoms with Crippen LogP contribution in [0.5, 0.6) is 0 Å². The van der Waals surface area contributed by atoms with Crippen molar-refractivity contribution in [2.75, 3.05) is 19.6 Å². The first kappa shape index (κ1) is 15.4. The Hall–Kier alpha value is -0.610. The average Bonchev–Trinajstić information content (AvgIpc) is 2.35. The number of carbonyl (C=O) groups is 1. The molecule has 0 radical (unpaired) electrons. The number of nitrogens with zero attached hydrogens (tertiary/aromatic N) is 1. The molecule has 0 aromatic heterocycles. The lowest BCUT2D eigenvalue weighted by molar-refractivity contribution is -0.119. The zero-order valence-corrected chi connectivity index (χ0v) is 12.0. The number of amides is 1. The van der Waals surface area contributed by atoms with E-state index >= 15 is 0 Å². The molecule has 1 heterocycles. The van der Waals surface area contributed by atoms with Crippen LogP contribution in [0, 0.1) is 0 Å². The highest BCUT2D eigenvalue weighted by Crippen LogP contribution is 2.15. The van der Waals surface area contributed by atoms with Gasteiger partial charge in [-0.15, -0.1) is 0 Å². The largest absolute Gasteiger partial charge is 0.369 e. The van der Waals surface area contributed by atoms with Gasteiger partial charge in [-0.05, 0) is 45.7 Å². The second-order valence-electron chi connectivity index (χ2n) is 5.52. The van der Waals surface area contributed by atoms with Gasteiger partial charge in [-0.1, -0.05) is 19.8 Å². The Kier molecular flexibility index (Phi) is 7.28. The molecule has 18 heavy (non-hydrogen) atoms. The van der Waals surface area contributed by atoms with Crippen LogP contribution in [0.4, 0.5) is 0 Å². The van der Waals surface area contributed by atoms with Crippen molar-refractivity contribution in [1.29, 1.82) is 0 Å². The minimum absolute atomic E-state index is 0.213. The van der Waals surface area contributed by atoms with Crippen LogP contribution >= 0.6 is 0 Å². The number of hydrogen-bond acceptors (Lipinski definition) is 3. The monoisotopic (exact) mass is 255 g/mol. The number of nitrogens with one attached hydrogen (secondary N) is 1. The van der Waals surface area contributed by atoms with Gasteiger partial charge in [0.2, 0.25) is 5.91 Å². The molecular formula is C14H29N3O. The Balaban J connectivity index is 2.40. The molecule has 0 saturated carbocycles. The zero-order valence-electron chi connectivity index (χ0n) is 12.0. The summed E-state index contributed by atoms with van der Waals surface area (Å²) in [7, 11) is 0. The Morgan fingerprint density at radius 3 is 2.83 bits per heavy atom. The van der Waals surface area contributed by atoms with Gasteiger partial charge in [0.25, 0.3) is 0 Å². The molecule has 1 amide bonds. The number of nitrogens with two attached hydrogens (primary N) is 1. The Morgan fingerprint density at radius 1 is 1.50 bits per heavy atom. The van der Waals surface area contributed by atoms with E-state index in [0.29, 0.717) is 18.6 Å². The molecule has 1 aliphatic heterocycles. The molecule has 0 spiro atoms. The minimum atomic E-state index is -0.213. The van der Waals surface area contributed by atoms with Gasteiger partial charge in [0, 0.05) is 12.1 Å². The number of primary amides is 1. The second kappa shape index (κ2) is 8.48. The van der Waals surface area contributed by atoms with Gasteiger partial charge in [-0.25, -0.2) is 0 Å². The van der Waals surface area contributed by atoms with Gasteiger partial charge in [-0.2, -0.15) is 0 Å². The first-order valence-corrected chi connectivity index (χ1v) is 7.39. The number of rotatable bonds is 8. The van der Waals surface area contributed by atoms with Crippen molar-refractivity contribution in [2.24, 2.45) is 5.73 Å². The molecule has 106 valence electrons. The van der Waals surface area contributed by atoms with E-state index in [9.17, 15) is 4.79 Å². The van der Waals surface area contributed by atoms with Crippen LogP contribution in [-0.2, 0) is 4.79 Å². The van der Waals surface area contributed by atoms with Crippen molar-refractivity contribution in [2.45, 2.75) is 64.5 Å². The van der Waals surface area contributed by atoms with Gasteiger partial charge in [0.05, 0.1) is 6.54 Å². The molecule has 1 aliphatic rings. The highest BCUT2D eigenvalue weighted by atomic mass is 16.1. The van der Waals surface area contributed by atoms with Crippen LogP contribution in [0.25, 0.3) is 0 Å². The van der Waals surface area contributed by atoms with Crippen molar-refractivity contribution in [3.05, 3.63) is 0 Å². The van der Waals surface area contributed by atoms with E-state index in [0.717, 1.165) is 32.4 Å². The number of unbranched alkanes of at least 4 members (excludes halogenated alkanes) is 1. The molecule has 1 saturated heterocycles. The Labute approximate surface area is 111 Å². The Morgan fingerprint density at radius 2 is 2.28 bits per heavy atom. The third-order valence-corrected chi connectivity index (χ3v) is 3.82. The van der Waals surface area contributed by atoms with E-state index in [-0.39, 0.29) is 5.91 Å². The summed E-state index contributed by atoms with van der Waals surface area (Å²) in [6, 6.07) is 1.05. The maximum absolute atomic E-state index is 11.1. The van der Waals surface area contributed by atoms with Crippen LogP contribution in [0.3, 0.4) is 0 Å². The van der Waals surface area contributed by atoms with Crippen molar-refractivity contribution in [1.82, 2.24) is 10.2 Å². The highest BCUT2D eigenvalue weighted by Gasteiger charge is 2.21. The summed E-state index contributed by atoms with van der Waals surface area (Å²) in [6.07, 6.45) is 7.31. The lowest BCUT2D eigenvalue weighted by atomic mass is 9.98. The first-order chi connectivity index (χ1) is 8.63. The standard InChI is InChI=1S/C14H29N3O/c1-3-4-9-17(11-14(15)18)12(2)10-13-7-5-6-8-16-13/h12-13,16H,3-11H2,1-2H3,(H2,15,18). The first-order valence-electron chi connectivity index (χ1n) is 7.39. The van der Waals surface area contributed by atoms with Gasteiger partial charge in [-0.3, -0.25) is 9.69 Å². The van der Waals surface area contributed by atoms with Crippen LogP contribution in [-0.4, -0.2) is 42.5 Å². The van der Waals surface area contributed by atoms with Crippen LogP contribution in [0.2, 0.25) is 0 Å². The van der Waals surface area contributed by atoms with Crippen LogP contribution < -0.4 is 11.1 Å². The molecule has 0 aliphatic carbocycles. The third-order valence-electron chi connectivity index (χ3n) is 3.82. The van der Waals surface area contributed by atoms with Gasteiger partial charge in [0.15, 0.2) is 0 Å². The van der Waals surface area contributed by atoms with Crippen molar-refractivity contribution in [3.63, 3.8) is 0 Å². The van der Waals surface area contributed by atoms with E-state index in [1.54, 1.807) is 0 Å². The summed E-state index contributed by atoms with van der Waals surface area (Å²) >= 11 is 0. The molecule has 2 unspecified atom stereocenters. The fourth-order valence-corrected chi connectivity index (χ4v) is 2.70. The molecule has 2 atom stereocenters. The predicted molar refractivity (Wildman–Crippen MR) is 75.4 cm³/mol. The van der Waals surface area contributed by atoms with E-state index in [1.807, 2.05) is 0 Å². The summed E-state index contributed by atoms with van der Waals surface area (Å²) in [5.41, 5.74) is 5.34. The fourth-order valence-electron chi connectivity index (χ4n) is 2.70. The summed E-state index contributed by atoms with van der Waals surface area (Å²) in [6.45, 7) is 6.91. The van der Waals surface area contributed by atoms with Crippen molar-refractivity contribution < 1.29 is 4.79 Å². The molecule has 1 rings (SSSR count). The maximum Gasteiger partial charge on any atom is 0.231 e. The van der Waals surface area contributed by atoms with E-state index in [2.05, 4.69) is 24.1 Å². The molecule has 0 bridgehead atoms. The number of piperidine rings is 1. The number of carbonyl (C=O) groups excluding carboxylic acids is 1. The molecular weight excluding hydrogens is 226 g/mol. The smallest absolute Gasteiger partial charge is 0.231 e. The number of hydrogen-bond donors (Lipinski definition) is 2. The molecule has 0 aromatic rings. The minimum Gasteiger partial charge on any atom is -0.369 e. The molecule has 1 fully saturated rings. The summed E-state index contributed by atoms with van der Waals surface area (Å²) < 4.78 is 0. The Bertz CT molecular complexity index is 239. The molecule has 4 nitrogen and oxygen atoms in total. The predicted octanol–water partition coefficient (Wildman–Crippen LogP) is 1.49. The zero-order chi connectivity index (χ0) is 13.4. The SMILES string of the molecule is CCCCN(CC(N)=O)C(C)CC1CCCCN1. The van der Waals surface area contributed by atoms with E-state index in [1.165, 1.54) is 19.3 Å². The van der Waals surface area contributed by atoms with Gasteiger partial charge >= 0.3 is 0 Å². The molecule has 0 aromatic carbocycles. The van der Waals surface area contributed by atoms with Gasteiger partial charge < -0.3 is 11.1 Å². The second-order valence-corrected chi connectivity index (χ2v) is 5.52. The van der Waals surface area contributed by atoms with E-state index in [4.69, 9.17) is 5.73 Å². The normalized spacial score (nSPS) is 22.1. The maximum atomic E-state index is 11.1. The summed E-state index contributed by atoms with van der Waals surface area (Å²) in [4.78, 5) is 13.4. The molecule has 3 N–H and O–H groups in total. The topological polar surface area (TPSA) is 58.4 Å². The quantitative estimate of drug-likeness (QED) is 0.691. The van der Waals surface area contributed by atoms with Crippen LogP contribution in [0.15, 0.2) is 0 Å². The summed E-state index contributed by atoms with van der Waals surface area (Å²) in [5.74, 6) is -0.213. The highest BCUT2D eigenvalue weighted by molar-refractivity contribution is 5.75. The average molecular weight is 255 g/mol. The third kappa shape index (κ3) is 5.83. The lowest BCUT2D eigenvalue weighted by Crippen LogP contribution is -2.45. The van der Waals surface area contributed by atoms with Crippen molar-refractivity contribution >= 4 is 5.91 Å². The fraction of sp³-hybridized carbons (Fsp3) is 0.929.